The van der Waals surface area contributed by atoms with Crippen LogP contribution < -0.4 is 5.32 Å². The molecule has 2 fully saturated rings. The van der Waals surface area contributed by atoms with E-state index >= 15 is 0 Å². The fourth-order valence-electron chi connectivity index (χ4n) is 5.75. The Kier molecular flexibility index (Phi) is 4.96. The van der Waals surface area contributed by atoms with Crippen LogP contribution in [0.4, 0.5) is 0 Å². The second-order valence-electron chi connectivity index (χ2n) is 8.83. The zero-order chi connectivity index (χ0) is 19.8. The van der Waals surface area contributed by atoms with Crippen molar-refractivity contribution in [2.75, 3.05) is 19.6 Å². The van der Waals surface area contributed by atoms with E-state index in [4.69, 9.17) is 4.74 Å². The maximum Gasteiger partial charge on any atom is 0.331 e. The van der Waals surface area contributed by atoms with Crippen LogP contribution in [0.15, 0.2) is 42.0 Å². The number of ether oxygens (including phenoxy) is 1. The number of hydrogen-bond donors (Lipinski definition) is 2. The number of carbonyl (C=O) groups excluding carboxylic acids is 1. The van der Waals surface area contributed by atoms with E-state index in [9.17, 15) is 4.79 Å². The van der Waals surface area contributed by atoms with Crippen LogP contribution in [-0.4, -0.2) is 53.2 Å². The summed E-state index contributed by atoms with van der Waals surface area (Å²) in [7, 11) is 0. The van der Waals surface area contributed by atoms with Crippen molar-refractivity contribution in [3.8, 4) is 0 Å². The van der Waals surface area contributed by atoms with Crippen molar-refractivity contribution in [3.05, 3.63) is 47.7 Å². The molecule has 0 radical (unpaired) electrons. The SMILES string of the molecule is CC[C@]12OC(=O)C=C1C[C@H](NCCc1cc3ccccc3[nH]1)CN1CCCC[C@@H]12. The van der Waals surface area contributed by atoms with E-state index in [2.05, 4.69) is 52.5 Å². The summed E-state index contributed by atoms with van der Waals surface area (Å²) in [6.07, 6.45) is 8.13. The Bertz CT molecular complexity index is 900. The summed E-state index contributed by atoms with van der Waals surface area (Å²) in [5.74, 6) is -0.147. The Morgan fingerprint density at radius 1 is 1.31 bits per heavy atom. The van der Waals surface area contributed by atoms with Crippen molar-refractivity contribution in [1.82, 2.24) is 15.2 Å². The van der Waals surface area contributed by atoms with Crippen molar-refractivity contribution in [2.24, 2.45) is 0 Å². The number of piperidine rings is 1. The van der Waals surface area contributed by atoms with Gasteiger partial charge in [-0.05, 0) is 61.7 Å². The molecule has 0 spiro atoms. The fourth-order valence-corrected chi connectivity index (χ4v) is 5.75. The monoisotopic (exact) mass is 393 g/mol. The van der Waals surface area contributed by atoms with Crippen LogP contribution in [0.1, 0.15) is 44.7 Å². The largest absolute Gasteiger partial charge is 0.450 e. The van der Waals surface area contributed by atoms with Crippen LogP contribution in [-0.2, 0) is 16.0 Å². The molecule has 0 unspecified atom stereocenters. The van der Waals surface area contributed by atoms with Crippen LogP contribution in [0.3, 0.4) is 0 Å². The smallest absolute Gasteiger partial charge is 0.331 e. The number of H-pyrrole nitrogens is 1. The molecule has 0 amide bonds. The number of para-hydroxylation sites is 1. The number of rotatable bonds is 5. The van der Waals surface area contributed by atoms with E-state index in [1.165, 1.54) is 35.0 Å². The zero-order valence-electron chi connectivity index (χ0n) is 17.2. The van der Waals surface area contributed by atoms with Crippen molar-refractivity contribution in [3.63, 3.8) is 0 Å². The quantitative estimate of drug-likeness (QED) is 0.763. The third-order valence-corrected chi connectivity index (χ3v) is 7.13. The van der Waals surface area contributed by atoms with E-state index < -0.39 is 5.60 Å². The lowest BCUT2D eigenvalue weighted by atomic mass is 9.79. The normalized spacial score (nSPS) is 29.8. The molecular formula is C24H31N3O2. The lowest BCUT2D eigenvalue weighted by Crippen LogP contribution is -2.55. The molecule has 1 aromatic heterocycles. The summed E-state index contributed by atoms with van der Waals surface area (Å²) < 4.78 is 6.00. The summed E-state index contributed by atoms with van der Waals surface area (Å²) in [4.78, 5) is 18.3. The third kappa shape index (κ3) is 3.40. The molecule has 3 aliphatic heterocycles. The van der Waals surface area contributed by atoms with Crippen LogP contribution in [0.25, 0.3) is 10.9 Å². The average molecular weight is 394 g/mol. The molecule has 3 aliphatic rings. The highest BCUT2D eigenvalue weighted by Gasteiger charge is 2.52. The van der Waals surface area contributed by atoms with Gasteiger partial charge in [-0.15, -0.1) is 0 Å². The first kappa shape index (κ1) is 18.9. The minimum absolute atomic E-state index is 0.147. The molecular weight excluding hydrogens is 362 g/mol. The van der Waals surface area contributed by atoms with Crippen molar-refractivity contribution >= 4 is 16.9 Å². The average Bonchev–Trinajstić information content (AvgIpc) is 3.25. The zero-order valence-corrected chi connectivity index (χ0v) is 17.2. The van der Waals surface area contributed by atoms with Crippen molar-refractivity contribution < 1.29 is 9.53 Å². The number of aromatic nitrogens is 1. The molecule has 1 aromatic carbocycles. The first-order valence-corrected chi connectivity index (χ1v) is 11.2. The number of fused-ring (bicyclic) bond motifs is 4. The van der Waals surface area contributed by atoms with Crippen LogP contribution >= 0.6 is 0 Å². The van der Waals surface area contributed by atoms with Crippen LogP contribution in [0, 0.1) is 0 Å². The second-order valence-corrected chi connectivity index (χ2v) is 8.83. The highest BCUT2D eigenvalue weighted by molar-refractivity contribution is 5.87. The highest BCUT2D eigenvalue weighted by atomic mass is 16.6. The molecule has 2 aromatic rings. The molecule has 5 heteroatoms. The molecule has 4 heterocycles. The van der Waals surface area contributed by atoms with Crippen LogP contribution in [0.2, 0.25) is 0 Å². The maximum absolute atomic E-state index is 12.2. The Morgan fingerprint density at radius 3 is 3.07 bits per heavy atom. The van der Waals surface area contributed by atoms with E-state index in [0.29, 0.717) is 12.1 Å². The summed E-state index contributed by atoms with van der Waals surface area (Å²) in [5, 5.41) is 5.06. The molecule has 154 valence electrons. The molecule has 0 bridgehead atoms. The van der Waals surface area contributed by atoms with Gasteiger partial charge in [0.1, 0.15) is 5.60 Å². The minimum Gasteiger partial charge on any atom is -0.450 e. The molecule has 5 rings (SSSR count). The standard InChI is InChI=1S/C24H31N3O2/c1-2-24-18(15-23(28)29-24)14-20(16-27-12-6-5-9-22(24)27)25-11-10-19-13-17-7-3-4-8-21(17)26-19/h3-4,7-8,13,15,20,22,25-26H,2,5-6,9-12,14,16H2,1H3/t20-,22+,24-/m0/s1. The summed E-state index contributed by atoms with van der Waals surface area (Å²) in [6.45, 7) is 5.24. The first-order valence-electron chi connectivity index (χ1n) is 11.2. The van der Waals surface area contributed by atoms with E-state index in [1.54, 1.807) is 6.08 Å². The van der Waals surface area contributed by atoms with E-state index in [1.807, 2.05) is 0 Å². The molecule has 5 nitrogen and oxygen atoms in total. The Hall–Kier alpha value is -2.11. The van der Waals surface area contributed by atoms with Gasteiger partial charge in [0.25, 0.3) is 0 Å². The second kappa shape index (κ2) is 7.62. The summed E-state index contributed by atoms with van der Waals surface area (Å²) in [5.41, 5.74) is 3.28. The number of nitrogens with zero attached hydrogens (tertiary/aromatic N) is 1. The first-order chi connectivity index (χ1) is 14.2. The van der Waals surface area contributed by atoms with Gasteiger partial charge >= 0.3 is 5.97 Å². The number of hydrogen-bond acceptors (Lipinski definition) is 4. The Balaban J connectivity index is 1.30. The highest BCUT2D eigenvalue weighted by Crippen LogP contribution is 2.44. The molecule has 2 saturated heterocycles. The predicted octanol–water partition coefficient (Wildman–Crippen LogP) is 3.56. The summed E-state index contributed by atoms with van der Waals surface area (Å²) in [6, 6.07) is 11.4. The van der Waals surface area contributed by atoms with Gasteiger partial charge in [0.2, 0.25) is 0 Å². The molecule has 3 atom stereocenters. The molecule has 0 aliphatic carbocycles. The van der Waals surface area contributed by atoms with Gasteiger partial charge in [0.15, 0.2) is 0 Å². The molecule has 29 heavy (non-hydrogen) atoms. The third-order valence-electron chi connectivity index (χ3n) is 7.13. The number of benzene rings is 1. The minimum atomic E-state index is -0.398. The van der Waals surface area contributed by atoms with E-state index in [-0.39, 0.29) is 5.97 Å². The molecule has 0 saturated carbocycles. The van der Waals surface area contributed by atoms with Gasteiger partial charge in [-0.3, -0.25) is 4.90 Å². The summed E-state index contributed by atoms with van der Waals surface area (Å²) >= 11 is 0. The van der Waals surface area contributed by atoms with Crippen LogP contribution in [0.5, 0.6) is 0 Å². The van der Waals surface area contributed by atoms with Gasteiger partial charge in [0, 0.05) is 36.4 Å². The number of carbonyl (C=O) groups is 1. The molecule has 2 N–H and O–H groups in total. The number of aromatic amines is 1. The topological polar surface area (TPSA) is 57.4 Å². The Morgan fingerprint density at radius 2 is 2.21 bits per heavy atom. The predicted molar refractivity (Wildman–Crippen MR) is 115 cm³/mol. The van der Waals surface area contributed by atoms with E-state index in [0.717, 1.165) is 45.3 Å². The van der Waals surface area contributed by atoms with Gasteiger partial charge in [0.05, 0.1) is 6.04 Å². The van der Waals surface area contributed by atoms with Crippen molar-refractivity contribution in [1.29, 1.82) is 0 Å². The van der Waals surface area contributed by atoms with Gasteiger partial charge < -0.3 is 15.0 Å². The lowest BCUT2D eigenvalue weighted by molar-refractivity contribution is -0.153. The Labute approximate surface area is 172 Å². The maximum atomic E-state index is 12.2. The van der Waals surface area contributed by atoms with Gasteiger partial charge in [-0.25, -0.2) is 4.79 Å². The number of nitrogens with one attached hydrogen (secondary N) is 2. The lowest BCUT2D eigenvalue weighted by Gasteiger charge is -2.44. The van der Waals surface area contributed by atoms with Gasteiger partial charge in [-0.2, -0.15) is 0 Å². The number of esters is 1. The van der Waals surface area contributed by atoms with Gasteiger partial charge in [-0.1, -0.05) is 31.5 Å². The van der Waals surface area contributed by atoms with Crippen molar-refractivity contribution in [2.45, 2.75) is 63.1 Å². The fraction of sp³-hybridized carbons (Fsp3) is 0.542.